The maximum absolute atomic E-state index is 13.7. The van der Waals surface area contributed by atoms with Crippen LogP contribution < -0.4 is 0 Å². The molecule has 0 aromatic heterocycles. The summed E-state index contributed by atoms with van der Waals surface area (Å²) in [5.41, 5.74) is 2.43. The molecule has 2 aromatic carbocycles. The summed E-state index contributed by atoms with van der Waals surface area (Å²) in [6.07, 6.45) is 0.356. The fourth-order valence-electron chi connectivity index (χ4n) is 2.27. The summed E-state index contributed by atoms with van der Waals surface area (Å²) in [5, 5.41) is 0.672. The fraction of sp³-hybridized carbons (Fsp3) is 0.250. The Labute approximate surface area is 120 Å². The molecule has 19 heavy (non-hydrogen) atoms. The minimum Gasteiger partial charge on any atom is -0.207 e. The molecule has 0 amide bonds. The van der Waals surface area contributed by atoms with Gasteiger partial charge in [0, 0.05) is 10.9 Å². The van der Waals surface area contributed by atoms with E-state index in [4.69, 9.17) is 0 Å². The minimum atomic E-state index is -0.473. The van der Waals surface area contributed by atoms with E-state index in [1.165, 1.54) is 18.2 Å². The monoisotopic (exact) mass is 324 g/mol. The van der Waals surface area contributed by atoms with Gasteiger partial charge in [0.15, 0.2) is 0 Å². The van der Waals surface area contributed by atoms with Crippen LogP contribution in [0, 0.1) is 18.6 Å². The van der Waals surface area contributed by atoms with Gasteiger partial charge in [0.1, 0.15) is 11.6 Å². The minimum absolute atomic E-state index is 0.0626. The molecule has 1 unspecified atom stereocenters. The normalized spacial score (nSPS) is 12.4. The second-order valence-electron chi connectivity index (χ2n) is 4.61. The van der Waals surface area contributed by atoms with Crippen molar-refractivity contribution in [3.8, 4) is 0 Å². The highest BCUT2D eigenvalue weighted by Crippen LogP contribution is 2.27. The topological polar surface area (TPSA) is 0 Å². The highest BCUT2D eigenvalue weighted by molar-refractivity contribution is 9.09. The van der Waals surface area contributed by atoms with Crippen molar-refractivity contribution in [2.75, 3.05) is 5.33 Å². The molecule has 0 spiro atoms. The lowest BCUT2D eigenvalue weighted by Gasteiger charge is -2.17. The van der Waals surface area contributed by atoms with E-state index in [-0.39, 0.29) is 11.5 Å². The Morgan fingerprint density at radius 2 is 1.63 bits per heavy atom. The van der Waals surface area contributed by atoms with Gasteiger partial charge in [0.2, 0.25) is 0 Å². The Balaban J connectivity index is 2.32. The third kappa shape index (κ3) is 3.21. The van der Waals surface area contributed by atoms with Crippen LogP contribution in [0.15, 0.2) is 42.5 Å². The van der Waals surface area contributed by atoms with Crippen LogP contribution in [0.5, 0.6) is 0 Å². The first-order chi connectivity index (χ1) is 9.13. The SMILES string of the molecule is Cc1ccccc1C(CBr)Cc1c(F)cccc1F. The quantitative estimate of drug-likeness (QED) is 0.695. The van der Waals surface area contributed by atoms with E-state index in [1.807, 2.05) is 31.2 Å². The van der Waals surface area contributed by atoms with Crippen molar-refractivity contribution in [3.05, 3.63) is 70.8 Å². The molecule has 0 heterocycles. The summed E-state index contributed by atoms with van der Waals surface area (Å²) in [7, 11) is 0. The summed E-state index contributed by atoms with van der Waals surface area (Å²) in [6, 6.07) is 12.0. The predicted octanol–water partition coefficient (Wildman–Crippen LogP) is 4.99. The van der Waals surface area contributed by atoms with Gasteiger partial charge >= 0.3 is 0 Å². The molecule has 0 aliphatic rings. The van der Waals surface area contributed by atoms with Crippen LogP contribution in [0.25, 0.3) is 0 Å². The molecule has 0 radical (unpaired) electrons. The Kier molecular flexibility index (Phi) is 4.70. The van der Waals surface area contributed by atoms with Gasteiger partial charge in [-0.25, -0.2) is 8.78 Å². The number of aryl methyl sites for hydroxylation is 1. The first-order valence-corrected chi connectivity index (χ1v) is 7.30. The molecule has 1 atom stereocenters. The lowest BCUT2D eigenvalue weighted by atomic mass is 9.90. The van der Waals surface area contributed by atoms with Crippen molar-refractivity contribution in [2.45, 2.75) is 19.3 Å². The maximum atomic E-state index is 13.7. The molecule has 0 aliphatic heterocycles. The van der Waals surface area contributed by atoms with Gasteiger partial charge in [0.25, 0.3) is 0 Å². The van der Waals surface area contributed by atoms with Crippen LogP contribution in [0.4, 0.5) is 8.78 Å². The van der Waals surface area contributed by atoms with E-state index in [1.54, 1.807) is 0 Å². The number of halogens is 3. The third-order valence-electron chi connectivity index (χ3n) is 3.33. The summed E-state index contributed by atoms with van der Waals surface area (Å²) in [5.74, 6) is -0.883. The van der Waals surface area contributed by atoms with Crippen LogP contribution >= 0.6 is 15.9 Å². The van der Waals surface area contributed by atoms with E-state index in [0.717, 1.165) is 11.1 Å². The zero-order valence-corrected chi connectivity index (χ0v) is 12.3. The maximum Gasteiger partial charge on any atom is 0.129 e. The summed E-state index contributed by atoms with van der Waals surface area (Å²) in [4.78, 5) is 0. The number of benzene rings is 2. The van der Waals surface area contributed by atoms with Crippen LogP contribution in [-0.4, -0.2) is 5.33 Å². The first-order valence-electron chi connectivity index (χ1n) is 6.18. The van der Waals surface area contributed by atoms with Crippen molar-refractivity contribution in [2.24, 2.45) is 0 Å². The van der Waals surface area contributed by atoms with Crippen LogP contribution in [-0.2, 0) is 6.42 Å². The zero-order valence-electron chi connectivity index (χ0n) is 10.7. The van der Waals surface area contributed by atoms with Crippen LogP contribution in [0.3, 0.4) is 0 Å². The molecule has 2 aromatic rings. The molecular weight excluding hydrogens is 310 g/mol. The lowest BCUT2D eigenvalue weighted by Crippen LogP contribution is -2.09. The second kappa shape index (κ2) is 6.29. The smallest absolute Gasteiger partial charge is 0.129 e. The van der Waals surface area contributed by atoms with E-state index in [2.05, 4.69) is 15.9 Å². The van der Waals surface area contributed by atoms with Crippen molar-refractivity contribution < 1.29 is 8.78 Å². The molecule has 0 fully saturated rings. The zero-order chi connectivity index (χ0) is 13.8. The highest BCUT2D eigenvalue weighted by atomic mass is 79.9. The Morgan fingerprint density at radius 1 is 1.00 bits per heavy atom. The molecule has 0 nitrogen and oxygen atoms in total. The molecule has 0 N–H and O–H groups in total. The van der Waals surface area contributed by atoms with Gasteiger partial charge in [-0.15, -0.1) is 0 Å². The van der Waals surface area contributed by atoms with Crippen LogP contribution in [0.2, 0.25) is 0 Å². The number of hydrogen-bond acceptors (Lipinski definition) is 0. The van der Waals surface area contributed by atoms with Gasteiger partial charge in [-0.2, -0.15) is 0 Å². The summed E-state index contributed by atoms with van der Waals surface area (Å²) >= 11 is 3.45. The summed E-state index contributed by atoms with van der Waals surface area (Å²) < 4.78 is 27.4. The van der Waals surface area contributed by atoms with E-state index < -0.39 is 11.6 Å². The second-order valence-corrected chi connectivity index (χ2v) is 5.26. The fourth-order valence-corrected chi connectivity index (χ4v) is 2.84. The van der Waals surface area contributed by atoms with Crippen molar-refractivity contribution in [3.63, 3.8) is 0 Å². The number of alkyl halides is 1. The van der Waals surface area contributed by atoms with Crippen molar-refractivity contribution >= 4 is 15.9 Å². The van der Waals surface area contributed by atoms with E-state index in [0.29, 0.717) is 11.8 Å². The Hall–Kier alpha value is -1.22. The molecular formula is C16H15BrF2. The number of hydrogen-bond donors (Lipinski definition) is 0. The van der Waals surface area contributed by atoms with Crippen LogP contribution in [0.1, 0.15) is 22.6 Å². The Bertz CT molecular complexity index is 546. The first kappa shape index (κ1) is 14.2. The number of rotatable bonds is 4. The molecule has 0 saturated carbocycles. The molecule has 0 bridgehead atoms. The molecule has 3 heteroatoms. The van der Waals surface area contributed by atoms with Gasteiger partial charge < -0.3 is 0 Å². The van der Waals surface area contributed by atoms with Crippen molar-refractivity contribution in [1.29, 1.82) is 0 Å². The lowest BCUT2D eigenvalue weighted by molar-refractivity contribution is 0.544. The Morgan fingerprint density at radius 3 is 2.21 bits per heavy atom. The largest absolute Gasteiger partial charge is 0.207 e. The predicted molar refractivity (Wildman–Crippen MR) is 77.8 cm³/mol. The van der Waals surface area contributed by atoms with E-state index in [9.17, 15) is 8.78 Å². The van der Waals surface area contributed by atoms with Gasteiger partial charge in [-0.1, -0.05) is 46.3 Å². The summed E-state index contributed by atoms with van der Waals surface area (Å²) in [6.45, 7) is 2.02. The molecule has 2 rings (SSSR count). The average molecular weight is 325 g/mol. The third-order valence-corrected chi connectivity index (χ3v) is 4.11. The van der Waals surface area contributed by atoms with Gasteiger partial charge in [-0.05, 0) is 42.5 Å². The molecule has 0 aliphatic carbocycles. The average Bonchev–Trinajstić information content (AvgIpc) is 2.40. The molecule has 100 valence electrons. The highest BCUT2D eigenvalue weighted by Gasteiger charge is 2.17. The van der Waals surface area contributed by atoms with Gasteiger partial charge in [0.05, 0.1) is 0 Å². The van der Waals surface area contributed by atoms with Crippen molar-refractivity contribution in [1.82, 2.24) is 0 Å². The van der Waals surface area contributed by atoms with E-state index >= 15 is 0 Å². The molecule has 0 saturated heterocycles. The standard InChI is InChI=1S/C16H15BrF2/c1-11-5-2-3-6-13(11)12(10-17)9-14-15(18)7-4-8-16(14)19/h2-8,12H,9-10H2,1H3. The van der Waals surface area contributed by atoms with Gasteiger partial charge in [-0.3, -0.25) is 0 Å².